The molecule has 0 nitrogen and oxygen atoms in total. The Kier molecular flexibility index (Phi) is 3.18. The highest BCUT2D eigenvalue weighted by Crippen LogP contribution is 2.39. The molecule has 1 saturated carbocycles. The first kappa shape index (κ1) is 11.5. The molecule has 1 aliphatic rings. The van der Waals surface area contributed by atoms with Crippen molar-refractivity contribution in [3.8, 4) is 0 Å². The van der Waals surface area contributed by atoms with Crippen LogP contribution in [0.4, 0.5) is 4.39 Å². The Morgan fingerprint density at radius 1 is 1.50 bits per heavy atom. The standard InChI is InChI=1S/C13H21F/c1-9(2)11(4)12-6-7-13(5,14)8-10(12)3/h9H,3,6-8H2,1-2,4-5H3/b12-11-. The summed E-state index contributed by atoms with van der Waals surface area (Å²) in [6, 6.07) is 0. The van der Waals surface area contributed by atoms with Crippen LogP contribution in [-0.4, -0.2) is 5.67 Å². The molecular formula is C13H21F. The van der Waals surface area contributed by atoms with Gasteiger partial charge in [0.25, 0.3) is 0 Å². The van der Waals surface area contributed by atoms with Gasteiger partial charge in [-0.15, -0.1) is 0 Å². The lowest BCUT2D eigenvalue weighted by Gasteiger charge is -2.31. The summed E-state index contributed by atoms with van der Waals surface area (Å²) < 4.78 is 13.7. The summed E-state index contributed by atoms with van der Waals surface area (Å²) in [6.45, 7) is 12.2. The molecule has 0 aromatic heterocycles. The molecule has 0 amide bonds. The van der Waals surface area contributed by atoms with Gasteiger partial charge in [0.2, 0.25) is 0 Å². The second kappa shape index (κ2) is 3.88. The van der Waals surface area contributed by atoms with Gasteiger partial charge in [-0.3, -0.25) is 0 Å². The van der Waals surface area contributed by atoms with Gasteiger partial charge in [0.15, 0.2) is 0 Å². The van der Waals surface area contributed by atoms with Crippen molar-refractivity contribution in [2.75, 3.05) is 0 Å². The van der Waals surface area contributed by atoms with Crippen molar-refractivity contribution < 1.29 is 4.39 Å². The third-order valence-electron chi connectivity index (χ3n) is 3.25. The third-order valence-corrected chi connectivity index (χ3v) is 3.25. The minimum atomic E-state index is -1.03. The Balaban J connectivity index is 2.87. The first-order valence-electron chi connectivity index (χ1n) is 5.40. The molecule has 0 aliphatic heterocycles. The molecule has 1 fully saturated rings. The Labute approximate surface area is 86.9 Å². The summed E-state index contributed by atoms with van der Waals surface area (Å²) in [5.74, 6) is 0.547. The lowest BCUT2D eigenvalue weighted by atomic mass is 9.78. The number of halogens is 1. The summed E-state index contributed by atoms with van der Waals surface area (Å²) in [6.07, 6.45) is 2.01. The summed E-state index contributed by atoms with van der Waals surface area (Å²) >= 11 is 0. The predicted molar refractivity (Wildman–Crippen MR) is 60.0 cm³/mol. The van der Waals surface area contributed by atoms with E-state index in [1.165, 1.54) is 11.1 Å². The lowest BCUT2D eigenvalue weighted by molar-refractivity contribution is 0.165. The molecule has 14 heavy (non-hydrogen) atoms. The van der Waals surface area contributed by atoms with Crippen LogP contribution in [0.15, 0.2) is 23.3 Å². The van der Waals surface area contributed by atoms with E-state index in [1.807, 2.05) is 0 Å². The molecule has 0 heterocycles. The van der Waals surface area contributed by atoms with E-state index in [9.17, 15) is 4.39 Å². The van der Waals surface area contributed by atoms with Crippen LogP contribution in [0.25, 0.3) is 0 Å². The van der Waals surface area contributed by atoms with Crippen molar-refractivity contribution in [1.82, 2.24) is 0 Å². The van der Waals surface area contributed by atoms with Crippen LogP contribution in [0, 0.1) is 5.92 Å². The van der Waals surface area contributed by atoms with Gasteiger partial charge < -0.3 is 0 Å². The first-order chi connectivity index (χ1) is 6.33. The van der Waals surface area contributed by atoms with Crippen molar-refractivity contribution in [2.24, 2.45) is 5.92 Å². The minimum absolute atomic E-state index is 0.506. The maximum atomic E-state index is 13.7. The van der Waals surface area contributed by atoms with E-state index in [4.69, 9.17) is 0 Å². The second-order valence-corrected chi connectivity index (χ2v) is 5.01. The fraction of sp³-hybridized carbons (Fsp3) is 0.692. The SMILES string of the molecule is C=C1CC(C)(F)CC/C1=C(\C)C(C)C. The fourth-order valence-corrected chi connectivity index (χ4v) is 2.03. The van der Waals surface area contributed by atoms with Gasteiger partial charge in [-0.1, -0.05) is 26.0 Å². The topological polar surface area (TPSA) is 0 Å². The number of hydrogen-bond acceptors (Lipinski definition) is 0. The minimum Gasteiger partial charge on any atom is -0.244 e. The van der Waals surface area contributed by atoms with Gasteiger partial charge in [0.05, 0.1) is 0 Å². The van der Waals surface area contributed by atoms with Crippen molar-refractivity contribution in [1.29, 1.82) is 0 Å². The molecule has 0 aromatic rings. The summed E-state index contributed by atoms with van der Waals surface area (Å²) in [5, 5.41) is 0. The maximum Gasteiger partial charge on any atom is 0.112 e. The van der Waals surface area contributed by atoms with Gasteiger partial charge in [-0.25, -0.2) is 4.39 Å². The molecule has 1 atom stereocenters. The Morgan fingerprint density at radius 3 is 2.50 bits per heavy atom. The number of rotatable bonds is 1. The number of allylic oxidation sites excluding steroid dienone is 3. The molecule has 0 aromatic carbocycles. The molecule has 80 valence electrons. The summed E-state index contributed by atoms with van der Waals surface area (Å²) in [5.41, 5.74) is 2.67. The van der Waals surface area contributed by atoms with E-state index in [0.717, 1.165) is 12.0 Å². The maximum absolute atomic E-state index is 13.7. The number of alkyl halides is 1. The summed E-state index contributed by atoms with van der Waals surface area (Å²) in [7, 11) is 0. The lowest BCUT2D eigenvalue weighted by Crippen LogP contribution is -2.24. The molecule has 1 aliphatic carbocycles. The van der Waals surface area contributed by atoms with E-state index in [0.29, 0.717) is 18.8 Å². The van der Waals surface area contributed by atoms with Crippen LogP contribution < -0.4 is 0 Å². The van der Waals surface area contributed by atoms with Crippen molar-refractivity contribution in [2.45, 2.75) is 52.6 Å². The number of hydrogen-bond donors (Lipinski definition) is 0. The second-order valence-electron chi connectivity index (χ2n) is 5.01. The monoisotopic (exact) mass is 196 g/mol. The van der Waals surface area contributed by atoms with Gasteiger partial charge in [0, 0.05) is 6.42 Å². The Hall–Kier alpha value is -0.590. The molecule has 0 N–H and O–H groups in total. The average Bonchev–Trinajstić information content (AvgIpc) is 2.01. The van der Waals surface area contributed by atoms with E-state index >= 15 is 0 Å². The highest BCUT2D eigenvalue weighted by Gasteiger charge is 2.30. The van der Waals surface area contributed by atoms with Crippen LogP contribution in [-0.2, 0) is 0 Å². The van der Waals surface area contributed by atoms with Gasteiger partial charge in [-0.05, 0) is 43.8 Å². The third kappa shape index (κ3) is 2.46. The molecule has 0 saturated heterocycles. The molecular weight excluding hydrogens is 175 g/mol. The van der Waals surface area contributed by atoms with Crippen LogP contribution in [0.3, 0.4) is 0 Å². The Morgan fingerprint density at radius 2 is 2.07 bits per heavy atom. The van der Waals surface area contributed by atoms with Gasteiger partial charge in [0.1, 0.15) is 5.67 Å². The van der Waals surface area contributed by atoms with E-state index in [1.54, 1.807) is 6.92 Å². The van der Waals surface area contributed by atoms with Crippen molar-refractivity contribution in [3.63, 3.8) is 0 Å². The molecule has 0 bridgehead atoms. The van der Waals surface area contributed by atoms with E-state index < -0.39 is 5.67 Å². The van der Waals surface area contributed by atoms with Crippen LogP contribution >= 0.6 is 0 Å². The fourth-order valence-electron chi connectivity index (χ4n) is 2.03. The zero-order chi connectivity index (χ0) is 10.9. The van der Waals surface area contributed by atoms with Crippen molar-refractivity contribution >= 4 is 0 Å². The predicted octanol–water partition coefficient (Wildman–Crippen LogP) is 4.43. The van der Waals surface area contributed by atoms with E-state index in [-0.39, 0.29) is 0 Å². The van der Waals surface area contributed by atoms with Gasteiger partial charge >= 0.3 is 0 Å². The highest BCUT2D eigenvalue weighted by molar-refractivity contribution is 5.36. The quantitative estimate of drug-likeness (QED) is 0.582. The normalized spacial score (nSPS) is 32.3. The Bertz CT molecular complexity index is 269. The smallest absolute Gasteiger partial charge is 0.112 e. The zero-order valence-electron chi connectivity index (χ0n) is 9.78. The van der Waals surface area contributed by atoms with Crippen LogP contribution in [0.2, 0.25) is 0 Å². The zero-order valence-corrected chi connectivity index (χ0v) is 9.78. The van der Waals surface area contributed by atoms with Crippen LogP contribution in [0.5, 0.6) is 0 Å². The molecule has 1 heteroatoms. The van der Waals surface area contributed by atoms with E-state index in [2.05, 4.69) is 27.4 Å². The highest BCUT2D eigenvalue weighted by atomic mass is 19.1. The average molecular weight is 196 g/mol. The molecule has 0 radical (unpaired) electrons. The largest absolute Gasteiger partial charge is 0.244 e. The summed E-state index contributed by atoms with van der Waals surface area (Å²) in [4.78, 5) is 0. The van der Waals surface area contributed by atoms with Crippen molar-refractivity contribution in [3.05, 3.63) is 23.3 Å². The van der Waals surface area contributed by atoms with Crippen LogP contribution in [0.1, 0.15) is 47.0 Å². The molecule has 1 rings (SSSR count). The van der Waals surface area contributed by atoms with Gasteiger partial charge in [-0.2, -0.15) is 0 Å². The molecule has 0 spiro atoms. The first-order valence-corrected chi connectivity index (χ1v) is 5.40. The molecule has 1 unspecified atom stereocenters.